The van der Waals surface area contributed by atoms with Crippen molar-refractivity contribution in [3.05, 3.63) is 108 Å². The molecular weight excluding hydrogens is 472 g/mol. The zero-order valence-electron chi connectivity index (χ0n) is 21.6. The van der Waals surface area contributed by atoms with E-state index in [9.17, 15) is 4.79 Å². The summed E-state index contributed by atoms with van der Waals surface area (Å²) in [6.07, 6.45) is 1.78. The van der Waals surface area contributed by atoms with Gasteiger partial charge >= 0.3 is 0 Å². The van der Waals surface area contributed by atoms with Crippen molar-refractivity contribution in [3.63, 3.8) is 0 Å². The smallest absolute Gasteiger partial charge is 0.251 e. The highest BCUT2D eigenvalue weighted by molar-refractivity contribution is 6.02. The van der Waals surface area contributed by atoms with Crippen LogP contribution < -0.4 is 10.6 Å². The topological polar surface area (TPSA) is 83.0 Å². The molecule has 0 aliphatic carbocycles. The molecule has 0 unspecified atom stereocenters. The lowest BCUT2D eigenvalue weighted by Gasteiger charge is -2.15. The first kappa shape index (κ1) is 25.0. The van der Waals surface area contributed by atoms with E-state index in [2.05, 4.69) is 33.8 Å². The summed E-state index contributed by atoms with van der Waals surface area (Å²) in [5.74, 6) is 1.15. The molecule has 0 radical (unpaired) electrons. The Morgan fingerprint density at radius 2 is 1.63 bits per heavy atom. The number of fused-ring (bicyclic) bond motifs is 1. The molecule has 2 heterocycles. The lowest BCUT2D eigenvalue weighted by molar-refractivity contribution is 0.0951. The van der Waals surface area contributed by atoms with E-state index in [0.29, 0.717) is 24.5 Å². The van der Waals surface area contributed by atoms with Crippen molar-refractivity contribution >= 4 is 22.6 Å². The number of pyridine rings is 1. The van der Waals surface area contributed by atoms with Gasteiger partial charge < -0.3 is 15.5 Å². The van der Waals surface area contributed by atoms with Gasteiger partial charge in [0, 0.05) is 30.4 Å². The third kappa shape index (κ3) is 5.85. The maximum atomic E-state index is 12.8. The molecule has 0 aliphatic rings. The predicted molar refractivity (Wildman–Crippen MR) is 153 cm³/mol. The van der Waals surface area contributed by atoms with Crippen LogP contribution in [-0.2, 0) is 6.54 Å². The fraction of sp³-hybridized carbons (Fsp3) is 0.161. The van der Waals surface area contributed by atoms with Gasteiger partial charge in [-0.15, -0.1) is 0 Å². The van der Waals surface area contributed by atoms with Gasteiger partial charge in [-0.1, -0.05) is 60.7 Å². The van der Waals surface area contributed by atoms with Crippen molar-refractivity contribution in [2.24, 2.45) is 0 Å². The van der Waals surface area contributed by atoms with Crippen LogP contribution in [0.1, 0.15) is 16.1 Å². The summed E-state index contributed by atoms with van der Waals surface area (Å²) in [6, 6.07) is 29.6. The number of hydrogen-bond donors (Lipinski definition) is 2. The van der Waals surface area contributed by atoms with Crippen molar-refractivity contribution in [2.75, 3.05) is 32.5 Å². The third-order valence-corrected chi connectivity index (χ3v) is 6.20. The molecule has 5 rings (SSSR count). The molecule has 190 valence electrons. The maximum Gasteiger partial charge on any atom is 0.251 e. The Hall–Kier alpha value is -4.62. The molecule has 0 fully saturated rings. The number of rotatable bonds is 9. The van der Waals surface area contributed by atoms with Gasteiger partial charge in [0.2, 0.25) is 0 Å². The Bertz CT molecular complexity index is 1540. The summed E-state index contributed by atoms with van der Waals surface area (Å²) in [4.78, 5) is 29.1. The van der Waals surface area contributed by atoms with E-state index in [1.54, 1.807) is 6.20 Å². The number of nitrogens with one attached hydrogen (secondary N) is 2. The van der Waals surface area contributed by atoms with Crippen molar-refractivity contribution in [1.29, 1.82) is 0 Å². The molecule has 2 N–H and O–H groups in total. The Kier molecular flexibility index (Phi) is 7.66. The molecule has 0 bridgehead atoms. The van der Waals surface area contributed by atoms with Gasteiger partial charge in [0.15, 0.2) is 5.82 Å². The Morgan fingerprint density at radius 3 is 2.42 bits per heavy atom. The summed E-state index contributed by atoms with van der Waals surface area (Å²) in [5.41, 5.74) is 5.22. The summed E-state index contributed by atoms with van der Waals surface area (Å²) in [7, 11) is 3.96. The molecule has 0 spiro atoms. The van der Waals surface area contributed by atoms with Crippen molar-refractivity contribution in [2.45, 2.75) is 6.54 Å². The highest BCUT2D eigenvalue weighted by atomic mass is 16.1. The van der Waals surface area contributed by atoms with Crippen molar-refractivity contribution < 1.29 is 4.79 Å². The number of anilines is 1. The van der Waals surface area contributed by atoms with E-state index in [-0.39, 0.29) is 5.91 Å². The first-order valence-electron chi connectivity index (χ1n) is 12.6. The summed E-state index contributed by atoms with van der Waals surface area (Å²) in [6.45, 7) is 1.87. The minimum Gasteiger partial charge on any atom is -0.364 e. The van der Waals surface area contributed by atoms with Gasteiger partial charge in [0.1, 0.15) is 5.82 Å². The van der Waals surface area contributed by atoms with Crippen LogP contribution in [0.25, 0.3) is 33.4 Å². The molecule has 5 aromatic rings. The first-order valence-corrected chi connectivity index (χ1v) is 12.6. The van der Waals surface area contributed by atoms with Crippen molar-refractivity contribution in [3.8, 4) is 22.5 Å². The number of hydrogen-bond acceptors (Lipinski definition) is 6. The zero-order valence-corrected chi connectivity index (χ0v) is 21.6. The summed E-state index contributed by atoms with van der Waals surface area (Å²) >= 11 is 0. The molecule has 2 aromatic heterocycles. The minimum atomic E-state index is -0.116. The second-order valence-electron chi connectivity index (χ2n) is 9.28. The van der Waals surface area contributed by atoms with E-state index in [0.717, 1.165) is 45.6 Å². The first-order chi connectivity index (χ1) is 18.6. The Balaban J connectivity index is 1.55. The molecule has 7 nitrogen and oxygen atoms in total. The number of nitrogens with zero attached hydrogens (tertiary/aromatic N) is 4. The minimum absolute atomic E-state index is 0.116. The van der Waals surface area contributed by atoms with Crippen LogP contribution in [-0.4, -0.2) is 52.9 Å². The average molecular weight is 503 g/mol. The molecule has 3 aromatic carbocycles. The molecule has 0 saturated carbocycles. The van der Waals surface area contributed by atoms with Crippen LogP contribution in [0.15, 0.2) is 97.2 Å². The second-order valence-corrected chi connectivity index (χ2v) is 9.28. The standard InChI is InChI=1S/C31H30N6O/c1-37(2)19-18-33-31(38)24-13-8-12-23(20-24)29-35-27-16-9-15-26(22-10-4-3-5-11-22)28(27)30(36-29)34-21-25-14-6-7-17-32-25/h3-17,20H,18-19,21H2,1-2H3,(H,33,38)(H,34,35,36). The highest BCUT2D eigenvalue weighted by Crippen LogP contribution is 2.34. The van der Waals surface area contributed by atoms with E-state index >= 15 is 0 Å². The lowest BCUT2D eigenvalue weighted by atomic mass is 10.0. The van der Waals surface area contributed by atoms with Gasteiger partial charge in [0.05, 0.1) is 23.1 Å². The normalized spacial score (nSPS) is 11.0. The second kappa shape index (κ2) is 11.6. The van der Waals surface area contributed by atoms with Gasteiger partial charge in [-0.05, 0) is 55.6 Å². The van der Waals surface area contributed by atoms with Gasteiger partial charge in [0.25, 0.3) is 5.91 Å². The van der Waals surface area contributed by atoms with Gasteiger partial charge in [-0.2, -0.15) is 0 Å². The maximum absolute atomic E-state index is 12.8. The Morgan fingerprint density at radius 1 is 0.842 bits per heavy atom. The molecule has 7 heteroatoms. The molecular formula is C31H30N6O. The Labute approximate surface area is 222 Å². The average Bonchev–Trinajstić information content (AvgIpc) is 2.96. The summed E-state index contributed by atoms with van der Waals surface area (Å²) < 4.78 is 0. The largest absolute Gasteiger partial charge is 0.364 e. The quantitative estimate of drug-likeness (QED) is 0.286. The van der Waals surface area contributed by atoms with E-state index in [1.165, 1.54) is 0 Å². The van der Waals surface area contributed by atoms with Gasteiger partial charge in [-0.25, -0.2) is 9.97 Å². The number of aromatic nitrogens is 3. The van der Waals surface area contributed by atoms with E-state index in [4.69, 9.17) is 9.97 Å². The predicted octanol–water partition coefficient (Wildman–Crippen LogP) is 5.26. The lowest BCUT2D eigenvalue weighted by Crippen LogP contribution is -2.31. The molecule has 0 aliphatic heterocycles. The molecule has 0 saturated heterocycles. The number of amides is 1. The fourth-order valence-corrected chi connectivity index (χ4v) is 4.27. The molecule has 38 heavy (non-hydrogen) atoms. The van der Waals surface area contributed by atoms with Crippen molar-refractivity contribution in [1.82, 2.24) is 25.2 Å². The molecule has 0 atom stereocenters. The highest BCUT2D eigenvalue weighted by Gasteiger charge is 2.15. The third-order valence-electron chi connectivity index (χ3n) is 6.20. The van der Waals surface area contributed by atoms with Crippen LogP contribution >= 0.6 is 0 Å². The van der Waals surface area contributed by atoms with Gasteiger partial charge in [-0.3, -0.25) is 9.78 Å². The van der Waals surface area contributed by atoms with E-state index < -0.39 is 0 Å². The van der Waals surface area contributed by atoms with Crippen LogP contribution in [0, 0.1) is 0 Å². The van der Waals surface area contributed by atoms with Crippen LogP contribution in [0.2, 0.25) is 0 Å². The fourth-order valence-electron chi connectivity index (χ4n) is 4.27. The summed E-state index contributed by atoms with van der Waals surface area (Å²) in [5, 5.41) is 7.42. The van der Waals surface area contributed by atoms with E-state index in [1.807, 2.05) is 91.8 Å². The number of likely N-dealkylation sites (N-methyl/N-ethyl adjacent to an activating group) is 1. The monoisotopic (exact) mass is 502 g/mol. The number of carbonyl (C=O) groups excluding carboxylic acids is 1. The zero-order chi connectivity index (χ0) is 26.3. The number of carbonyl (C=O) groups is 1. The number of benzene rings is 3. The van der Waals surface area contributed by atoms with Crippen LogP contribution in [0.3, 0.4) is 0 Å². The SMILES string of the molecule is CN(C)CCNC(=O)c1cccc(-c2nc(NCc3ccccn3)c3c(-c4ccccc4)cccc3n2)c1. The molecule has 1 amide bonds. The van der Waals surface area contributed by atoms with Crippen LogP contribution in [0.4, 0.5) is 5.82 Å². The van der Waals surface area contributed by atoms with Crippen LogP contribution in [0.5, 0.6) is 0 Å².